The first-order valence-corrected chi connectivity index (χ1v) is 4.55. The number of nitrogens with zero attached hydrogens (tertiary/aromatic N) is 1. The van der Waals surface area contributed by atoms with Crippen LogP contribution in [0.5, 0.6) is 0 Å². The van der Waals surface area contributed by atoms with Crippen LogP contribution in [0.2, 0.25) is 0 Å². The van der Waals surface area contributed by atoms with E-state index in [-0.39, 0.29) is 30.3 Å². The summed E-state index contributed by atoms with van der Waals surface area (Å²) in [4.78, 5) is 26.3. The third-order valence-electron chi connectivity index (χ3n) is 1.67. The minimum atomic E-state index is -0.549. The van der Waals surface area contributed by atoms with Gasteiger partial charge >= 0.3 is 5.97 Å². The number of nitrogens with two attached hydrogens (primary N) is 1. The fourth-order valence-corrected chi connectivity index (χ4v) is 1.04. The smallest absolute Gasteiger partial charge is 0.313 e. The molecule has 1 aromatic rings. The molecule has 0 aromatic carbocycles. The van der Waals surface area contributed by atoms with Crippen LogP contribution in [0.3, 0.4) is 0 Å². The summed E-state index contributed by atoms with van der Waals surface area (Å²) in [5.41, 5.74) is 5.59. The van der Waals surface area contributed by atoms with Gasteiger partial charge in [0.15, 0.2) is 5.78 Å². The minimum absolute atomic E-state index is 0.183. The lowest BCUT2D eigenvalue weighted by Crippen LogP contribution is -2.12. The number of hydrogen-bond acceptors (Lipinski definition) is 5. The maximum absolute atomic E-state index is 11.5. The van der Waals surface area contributed by atoms with E-state index in [1.807, 2.05) is 0 Å². The van der Waals surface area contributed by atoms with Crippen molar-refractivity contribution < 1.29 is 14.3 Å². The molecule has 0 aliphatic heterocycles. The normalized spacial score (nSPS) is 9.67. The molecule has 0 saturated heterocycles. The summed E-state index contributed by atoms with van der Waals surface area (Å²) in [6.45, 7) is 1.94. The van der Waals surface area contributed by atoms with E-state index in [0.29, 0.717) is 0 Å². The lowest BCUT2D eigenvalue weighted by Gasteiger charge is -2.01. The Labute approximate surface area is 87.3 Å². The van der Waals surface area contributed by atoms with Crippen molar-refractivity contribution >= 4 is 17.6 Å². The monoisotopic (exact) mass is 208 g/mol. The van der Waals surface area contributed by atoms with Gasteiger partial charge in [0.2, 0.25) is 0 Å². The van der Waals surface area contributed by atoms with E-state index in [0.717, 1.165) is 0 Å². The predicted molar refractivity (Wildman–Crippen MR) is 54.2 cm³/mol. The van der Waals surface area contributed by atoms with Crippen molar-refractivity contribution in [3.63, 3.8) is 0 Å². The average molecular weight is 208 g/mol. The molecule has 0 saturated carbocycles. The number of hydrogen-bond donors (Lipinski definition) is 1. The summed E-state index contributed by atoms with van der Waals surface area (Å²) in [6.07, 6.45) is -0.301. The van der Waals surface area contributed by atoms with Gasteiger partial charge < -0.3 is 10.5 Å². The maximum Gasteiger partial charge on any atom is 0.313 e. The van der Waals surface area contributed by atoms with Crippen LogP contribution in [-0.4, -0.2) is 23.3 Å². The van der Waals surface area contributed by atoms with Gasteiger partial charge in [-0.15, -0.1) is 0 Å². The van der Waals surface area contributed by atoms with Crippen molar-refractivity contribution in [3.8, 4) is 0 Å². The van der Waals surface area contributed by atoms with Gasteiger partial charge in [0.1, 0.15) is 17.9 Å². The number of Topliss-reactive ketones (excluding diaryl/α,β-unsaturated/α-hetero) is 1. The van der Waals surface area contributed by atoms with Crippen molar-refractivity contribution in [2.24, 2.45) is 0 Å². The molecule has 0 unspecified atom stereocenters. The lowest BCUT2D eigenvalue weighted by atomic mass is 10.2. The first-order valence-electron chi connectivity index (χ1n) is 4.55. The summed E-state index contributed by atoms with van der Waals surface area (Å²) >= 11 is 0. The molecule has 1 aromatic heterocycles. The molecule has 1 rings (SSSR count). The first kappa shape index (κ1) is 11.2. The number of anilines is 1. The molecule has 1 heterocycles. The van der Waals surface area contributed by atoms with Crippen molar-refractivity contribution in [2.75, 3.05) is 12.3 Å². The average Bonchev–Trinajstić information content (AvgIpc) is 2.18. The SMILES string of the molecule is CCOC(=O)CC(=O)c1cccc(N)n1. The highest BCUT2D eigenvalue weighted by Crippen LogP contribution is 2.04. The molecule has 5 nitrogen and oxygen atoms in total. The molecule has 0 aliphatic carbocycles. The van der Waals surface area contributed by atoms with E-state index >= 15 is 0 Å². The number of pyridine rings is 1. The Morgan fingerprint density at radius 1 is 1.47 bits per heavy atom. The maximum atomic E-state index is 11.5. The van der Waals surface area contributed by atoms with Crippen molar-refractivity contribution in [2.45, 2.75) is 13.3 Å². The van der Waals surface area contributed by atoms with Crippen LogP contribution in [0.25, 0.3) is 0 Å². The number of carbonyl (C=O) groups is 2. The van der Waals surface area contributed by atoms with Crippen molar-refractivity contribution in [1.82, 2.24) is 4.98 Å². The van der Waals surface area contributed by atoms with Gasteiger partial charge in [-0.3, -0.25) is 9.59 Å². The van der Waals surface area contributed by atoms with Gasteiger partial charge in [-0.1, -0.05) is 6.07 Å². The number of rotatable bonds is 4. The number of carbonyl (C=O) groups excluding carboxylic acids is 2. The molecule has 0 bridgehead atoms. The molecule has 80 valence electrons. The van der Waals surface area contributed by atoms with Crippen molar-refractivity contribution in [3.05, 3.63) is 23.9 Å². The Morgan fingerprint density at radius 3 is 2.80 bits per heavy atom. The summed E-state index contributed by atoms with van der Waals surface area (Å²) in [5.74, 6) is -0.683. The molecule has 0 fully saturated rings. The van der Waals surface area contributed by atoms with E-state index in [1.54, 1.807) is 19.1 Å². The standard InChI is InChI=1S/C10H12N2O3/c1-2-15-10(14)6-8(13)7-4-3-5-9(11)12-7/h3-5H,2,6H2,1H3,(H2,11,12). The predicted octanol–water partition coefficient (Wildman–Crippen LogP) is 0.800. The molecular formula is C10H12N2O3. The molecule has 0 spiro atoms. The van der Waals surface area contributed by atoms with E-state index in [2.05, 4.69) is 9.72 Å². The Kier molecular flexibility index (Phi) is 3.79. The Morgan fingerprint density at radius 2 is 2.20 bits per heavy atom. The van der Waals surface area contributed by atoms with E-state index < -0.39 is 5.97 Å². The molecule has 5 heteroatoms. The summed E-state index contributed by atoms with van der Waals surface area (Å²) in [6, 6.07) is 4.69. The topological polar surface area (TPSA) is 82.3 Å². The summed E-state index contributed by atoms with van der Waals surface area (Å²) in [7, 11) is 0. The van der Waals surface area contributed by atoms with E-state index in [4.69, 9.17) is 5.73 Å². The van der Waals surface area contributed by atoms with Crippen LogP contribution in [0.1, 0.15) is 23.8 Å². The quantitative estimate of drug-likeness (QED) is 0.449. The van der Waals surface area contributed by atoms with Crippen LogP contribution < -0.4 is 5.73 Å². The zero-order chi connectivity index (χ0) is 11.3. The second kappa shape index (κ2) is 5.09. The third kappa shape index (κ3) is 3.38. The van der Waals surface area contributed by atoms with Crippen LogP contribution in [0.15, 0.2) is 18.2 Å². The fraction of sp³-hybridized carbons (Fsp3) is 0.300. The molecule has 0 atom stereocenters. The Hall–Kier alpha value is -1.91. The van der Waals surface area contributed by atoms with Crippen LogP contribution in [0.4, 0.5) is 5.82 Å². The Balaban J connectivity index is 2.65. The van der Waals surface area contributed by atoms with E-state index in [1.165, 1.54) is 6.07 Å². The minimum Gasteiger partial charge on any atom is -0.466 e. The number of ketones is 1. The Bertz CT molecular complexity index is 377. The fourth-order valence-electron chi connectivity index (χ4n) is 1.04. The van der Waals surface area contributed by atoms with Gasteiger partial charge in [0.25, 0.3) is 0 Å². The van der Waals surface area contributed by atoms with Crippen LogP contribution >= 0.6 is 0 Å². The molecule has 0 aliphatic rings. The highest BCUT2D eigenvalue weighted by Gasteiger charge is 2.13. The van der Waals surface area contributed by atoms with Crippen molar-refractivity contribution in [1.29, 1.82) is 0 Å². The number of ether oxygens (including phenoxy) is 1. The van der Waals surface area contributed by atoms with Crippen LogP contribution in [0, 0.1) is 0 Å². The first-order chi connectivity index (χ1) is 7.13. The number of nitrogen functional groups attached to an aromatic ring is 1. The van der Waals surface area contributed by atoms with E-state index in [9.17, 15) is 9.59 Å². The molecule has 0 radical (unpaired) electrons. The lowest BCUT2D eigenvalue weighted by molar-refractivity contribution is -0.141. The summed E-state index contributed by atoms with van der Waals surface area (Å²) < 4.78 is 4.65. The van der Waals surface area contributed by atoms with Crippen LogP contribution in [-0.2, 0) is 9.53 Å². The number of esters is 1. The highest BCUT2D eigenvalue weighted by molar-refractivity contribution is 6.04. The highest BCUT2D eigenvalue weighted by atomic mass is 16.5. The largest absolute Gasteiger partial charge is 0.466 e. The third-order valence-corrected chi connectivity index (χ3v) is 1.67. The zero-order valence-electron chi connectivity index (χ0n) is 8.40. The molecule has 2 N–H and O–H groups in total. The molecule has 15 heavy (non-hydrogen) atoms. The van der Waals surface area contributed by atoms with Gasteiger partial charge in [-0.25, -0.2) is 4.98 Å². The second-order valence-electron chi connectivity index (χ2n) is 2.85. The molecule has 0 amide bonds. The summed E-state index contributed by atoms with van der Waals surface area (Å²) in [5, 5.41) is 0. The second-order valence-corrected chi connectivity index (χ2v) is 2.85. The van der Waals surface area contributed by atoms with Gasteiger partial charge in [-0.05, 0) is 19.1 Å². The van der Waals surface area contributed by atoms with Gasteiger partial charge in [0, 0.05) is 0 Å². The van der Waals surface area contributed by atoms with Gasteiger partial charge in [-0.2, -0.15) is 0 Å². The zero-order valence-corrected chi connectivity index (χ0v) is 8.40. The van der Waals surface area contributed by atoms with Gasteiger partial charge in [0.05, 0.1) is 6.61 Å². The molecular weight excluding hydrogens is 196 g/mol. The number of aromatic nitrogens is 1.